The van der Waals surface area contributed by atoms with E-state index in [9.17, 15) is 4.79 Å². The maximum Gasteiger partial charge on any atom is 0.242 e. The summed E-state index contributed by atoms with van der Waals surface area (Å²) in [5.74, 6) is 0.0518. The molecule has 130 valence electrons. The van der Waals surface area contributed by atoms with Crippen molar-refractivity contribution in [2.75, 3.05) is 19.6 Å². The van der Waals surface area contributed by atoms with Crippen LogP contribution in [0.2, 0.25) is 0 Å². The number of carbonyl (C=O) groups is 1. The van der Waals surface area contributed by atoms with Crippen LogP contribution in [0, 0.1) is 0 Å². The van der Waals surface area contributed by atoms with Crippen molar-refractivity contribution < 1.29 is 4.79 Å². The number of likely N-dealkylation sites (tertiary alicyclic amines) is 1. The zero-order valence-electron chi connectivity index (χ0n) is 14.0. The average molecular weight is 355 g/mol. The zero-order valence-corrected chi connectivity index (χ0v) is 14.8. The summed E-state index contributed by atoms with van der Waals surface area (Å²) in [6.45, 7) is 2.52. The molecule has 0 aromatic carbocycles. The van der Waals surface area contributed by atoms with Crippen LogP contribution in [-0.4, -0.2) is 44.8 Å². The third-order valence-corrected chi connectivity index (χ3v) is 5.35. The Hall–Kier alpha value is -2.25. The predicted molar refractivity (Wildman–Crippen MR) is 97.6 cm³/mol. The highest BCUT2D eigenvalue weighted by Crippen LogP contribution is 2.24. The van der Waals surface area contributed by atoms with Crippen LogP contribution in [0.4, 0.5) is 0 Å². The molecule has 1 aliphatic heterocycles. The second-order valence-corrected chi connectivity index (χ2v) is 7.17. The lowest BCUT2D eigenvalue weighted by atomic mass is 10.1. The van der Waals surface area contributed by atoms with Gasteiger partial charge < -0.3 is 5.32 Å². The second-order valence-electron chi connectivity index (χ2n) is 6.30. The number of nitrogens with one attached hydrogen (secondary N) is 1. The van der Waals surface area contributed by atoms with E-state index in [4.69, 9.17) is 0 Å². The molecule has 0 saturated carbocycles. The lowest BCUT2D eigenvalue weighted by molar-refractivity contribution is -0.126. The minimum atomic E-state index is -0.248. The molecule has 1 amide bonds. The molecule has 1 aliphatic rings. The van der Waals surface area contributed by atoms with Crippen molar-refractivity contribution in [3.63, 3.8) is 0 Å². The lowest BCUT2D eigenvalue weighted by Gasteiger charge is -2.26. The molecule has 0 spiro atoms. The Morgan fingerprint density at radius 1 is 1.36 bits per heavy atom. The van der Waals surface area contributed by atoms with Gasteiger partial charge in [0, 0.05) is 43.1 Å². The first-order chi connectivity index (χ1) is 12.3. The summed E-state index contributed by atoms with van der Waals surface area (Å²) in [7, 11) is 0. The number of hydrogen-bond acceptors (Lipinski definition) is 5. The van der Waals surface area contributed by atoms with Gasteiger partial charge in [-0.25, -0.2) is 4.98 Å². The monoisotopic (exact) mass is 355 g/mol. The lowest BCUT2D eigenvalue weighted by Crippen LogP contribution is -2.40. The van der Waals surface area contributed by atoms with E-state index >= 15 is 0 Å². The minimum Gasteiger partial charge on any atom is -0.354 e. The van der Waals surface area contributed by atoms with Crippen LogP contribution in [0.1, 0.15) is 30.1 Å². The molecular weight excluding hydrogens is 334 g/mol. The fraction of sp³-hybridized carbons (Fsp3) is 0.389. The number of carbonyl (C=O) groups excluding carboxylic acids is 1. The highest BCUT2D eigenvalue weighted by molar-refractivity contribution is 7.15. The van der Waals surface area contributed by atoms with Gasteiger partial charge in [-0.2, -0.15) is 0 Å². The Labute approximate surface area is 150 Å². The normalized spacial score (nSPS) is 16.3. The summed E-state index contributed by atoms with van der Waals surface area (Å²) < 4.78 is 2.02. The zero-order chi connectivity index (χ0) is 17.1. The van der Waals surface area contributed by atoms with Crippen molar-refractivity contribution in [2.45, 2.75) is 25.3 Å². The smallest absolute Gasteiger partial charge is 0.242 e. The van der Waals surface area contributed by atoms with Gasteiger partial charge in [0.2, 0.25) is 5.91 Å². The Morgan fingerprint density at radius 3 is 3.00 bits per heavy atom. The SMILES string of the molecule is O=C(NCCc1cn2ccsc2n1)[C@H](c1cccnc1)N1CCCC1. The van der Waals surface area contributed by atoms with Gasteiger partial charge >= 0.3 is 0 Å². The number of amides is 1. The van der Waals surface area contributed by atoms with Crippen LogP contribution in [0.15, 0.2) is 42.3 Å². The van der Waals surface area contributed by atoms with Crippen molar-refractivity contribution in [3.8, 4) is 0 Å². The third-order valence-electron chi connectivity index (χ3n) is 4.58. The largest absolute Gasteiger partial charge is 0.354 e. The van der Waals surface area contributed by atoms with E-state index in [0.717, 1.165) is 48.6 Å². The number of aromatic nitrogens is 3. The van der Waals surface area contributed by atoms with Crippen molar-refractivity contribution in [2.24, 2.45) is 0 Å². The molecule has 3 aromatic heterocycles. The van der Waals surface area contributed by atoms with E-state index < -0.39 is 0 Å². The fourth-order valence-corrected chi connectivity index (χ4v) is 4.09. The maximum atomic E-state index is 12.8. The van der Waals surface area contributed by atoms with Gasteiger partial charge in [-0.3, -0.25) is 19.1 Å². The van der Waals surface area contributed by atoms with Crippen LogP contribution in [0.5, 0.6) is 0 Å². The summed E-state index contributed by atoms with van der Waals surface area (Å²) >= 11 is 1.62. The average Bonchev–Trinajstić information content (AvgIpc) is 3.33. The van der Waals surface area contributed by atoms with E-state index in [-0.39, 0.29) is 11.9 Å². The molecule has 1 fully saturated rings. The van der Waals surface area contributed by atoms with Crippen LogP contribution in [0.25, 0.3) is 4.96 Å². The van der Waals surface area contributed by atoms with Crippen LogP contribution >= 0.6 is 11.3 Å². The molecular formula is C18H21N5OS. The second kappa shape index (κ2) is 7.33. The van der Waals surface area contributed by atoms with Gasteiger partial charge in [0.25, 0.3) is 0 Å². The van der Waals surface area contributed by atoms with Crippen LogP contribution in [0.3, 0.4) is 0 Å². The Morgan fingerprint density at radius 2 is 2.24 bits per heavy atom. The molecule has 7 heteroatoms. The van der Waals surface area contributed by atoms with E-state index in [1.165, 1.54) is 0 Å². The van der Waals surface area contributed by atoms with Gasteiger partial charge in [0.05, 0.1) is 5.69 Å². The van der Waals surface area contributed by atoms with E-state index in [2.05, 4.69) is 20.2 Å². The maximum absolute atomic E-state index is 12.8. The number of imidazole rings is 1. The first-order valence-electron chi connectivity index (χ1n) is 8.64. The fourth-order valence-electron chi connectivity index (χ4n) is 3.37. The van der Waals surface area contributed by atoms with Crippen molar-refractivity contribution in [1.82, 2.24) is 24.6 Å². The molecule has 6 nitrogen and oxygen atoms in total. The third kappa shape index (κ3) is 3.57. The first-order valence-corrected chi connectivity index (χ1v) is 9.52. The number of fused-ring (bicyclic) bond motifs is 1. The molecule has 1 saturated heterocycles. The first kappa shape index (κ1) is 16.2. The van der Waals surface area contributed by atoms with Crippen molar-refractivity contribution in [1.29, 1.82) is 0 Å². The summed E-state index contributed by atoms with van der Waals surface area (Å²) in [6, 6.07) is 3.63. The number of rotatable bonds is 6. The molecule has 0 bridgehead atoms. The van der Waals surface area contributed by atoms with Gasteiger partial charge in [-0.15, -0.1) is 11.3 Å². The highest BCUT2D eigenvalue weighted by atomic mass is 32.1. The summed E-state index contributed by atoms with van der Waals surface area (Å²) in [5.41, 5.74) is 1.97. The molecule has 1 N–H and O–H groups in total. The molecule has 0 unspecified atom stereocenters. The number of thiazole rings is 1. The summed E-state index contributed by atoms with van der Waals surface area (Å²) in [4.78, 5) is 24.8. The molecule has 4 rings (SSSR count). The molecule has 0 radical (unpaired) electrons. The van der Waals surface area contributed by atoms with E-state index in [1.807, 2.05) is 34.3 Å². The van der Waals surface area contributed by atoms with Crippen LogP contribution < -0.4 is 5.32 Å². The highest BCUT2D eigenvalue weighted by Gasteiger charge is 2.29. The predicted octanol–water partition coefficient (Wildman–Crippen LogP) is 2.29. The Balaban J connectivity index is 1.40. The Bertz CT molecular complexity index is 809. The van der Waals surface area contributed by atoms with Gasteiger partial charge in [-0.05, 0) is 37.6 Å². The minimum absolute atomic E-state index is 0.0518. The number of pyridine rings is 1. The summed E-state index contributed by atoms with van der Waals surface area (Å²) in [6.07, 6.45) is 10.6. The molecule has 0 aliphatic carbocycles. The van der Waals surface area contributed by atoms with Gasteiger partial charge in [-0.1, -0.05) is 6.07 Å². The van der Waals surface area contributed by atoms with Crippen molar-refractivity contribution in [3.05, 3.63) is 53.6 Å². The molecule has 1 atom stereocenters. The quantitative estimate of drug-likeness (QED) is 0.737. The van der Waals surface area contributed by atoms with Crippen LogP contribution in [-0.2, 0) is 11.2 Å². The van der Waals surface area contributed by atoms with E-state index in [0.29, 0.717) is 6.54 Å². The van der Waals surface area contributed by atoms with Gasteiger partial charge in [0.1, 0.15) is 6.04 Å². The molecule has 4 heterocycles. The summed E-state index contributed by atoms with van der Waals surface area (Å²) in [5, 5.41) is 5.11. The number of nitrogens with zero attached hydrogens (tertiary/aromatic N) is 4. The molecule has 25 heavy (non-hydrogen) atoms. The topological polar surface area (TPSA) is 62.5 Å². The Kier molecular flexibility index (Phi) is 4.76. The molecule has 3 aromatic rings. The van der Waals surface area contributed by atoms with Gasteiger partial charge in [0.15, 0.2) is 4.96 Å². The number of hydrogen-bond donors (Lipinski definition) is 1. The standard InChI is InChI=1S/C18H21N5OS/c24-17(20-7-5-15-13-23-10-11-25-18(23)21-15)16(22-8-1-2-9-22)14-4-3-6-19-12-14/h3-4,6,10-13,16H,1-2,5,7-9H2,(H,20,24)/t16-/m0/s1. The van der Waals surface area contributed by atoms with E-state index in [1.54, 1.807) is 23.7 Å². The van der Waals surface area contributed by atoms with Crippen molar-refractivity contribution >= 4 is 22.2 Å².